The maximum absolute atomic E-state index is 12.3. The SMILES string of the molecule is O=C(N[C@@H]1[C@@H]2C[C@@H]3C[C@H]1C[C@](O)(C3)C2)c1ccccc1. The first-order chi connectivity index (χ1) is 9.63. The molecule has 0 unspecified atom stereocenters. The zero-order valence-electron chi connectivity index (χ0n) is 11.6. The molecule has 4 aliphatic carbocycles. The molecule has 0 aromatic heterocycles. The van der Waals surface area contributed by atoms with Crippen molar-refractivity contribution in [1.82, 2.24) is 5.32 Å². The van der Waals surface area contributed by atoms with Gasteiger partial charge in [-0.05, 0) is 62.0 Å². The number of amides is 1. The molecule has 0 spiro atoms. The van der Waals surface area contributed by atoms with E-state index in [9.17, 15) is 9.90 Å². The average molecular weight is 271 g/mol. The van der Waals surface area contributed by atoms with Crippen LogP contribution in [-0.4, -0.2) is 22.7 Å². The highest BCUT2D eigenvalue weighted by Crippen LogP contribution is 2.55. The minimum Gasteiger partial charge on any atom is -0.390 e. The van der Waals surface area contributed by atoms with Gasteiger partial charge >= 0.3 is 0 Å². The predicted octanol–water partition coefficient (Wildman–Crippen LogP) is 2.36. The first-order valence-corrected chi connectivity index (χ1v) is 7.71. The molecule has 2 N–H and O–H groups in total. The number of rotatable bonds is 2. The van der Waals surface area contributed by atoms with Crippen LogP contribution >= 0.6 is 0 Å². The Morgan fingerprint density at radius 3 is 2.35 bits per heavy atom. The summed E-state index contributed by atoms with van der Waals surface area (Å²) in [4.78, 5) is 12.3. The van der Waals surface area contributed by atoms with Gasteiger partial charge in [-0.3, -0.25) is 4.79 Å². The van der Waals surface area contributed by atoms with Gasteiger partial charge in [-0.2, -0.15) is 0 Å². The smallest absolute Gasteiger partial charge is 0.251 e. The van der Waals surface area contributed by atoms with Crippen LogP contribution in [0, 0.1) is 17.8 Å². The molecule has 1 aromatic rings. The van der Waals surface area contributed by atoms with E-state index in [1.165, 1.54) is 12.8 Å². The number of hydrogen-bond donors (Lipinski definition) is 2. The molecular formula is C17H21NO2. The number of aliphatic hydroxyl groups is 1. The molecule has 4 bridgehead atoms. The van der Waals surface area contributed by atoms with Crippen molar-refractivity contribution in [3.8, 4) is 0 Å². The van der Waals surface area contributed by atoms with Crippen molar-refractivity contribution in [3.63, 3.8) is 0 Å². The summed E-state index contributed by atoms with van der Waals surface area (Å²) < 4.78 is 0. The number of nitrogens with one attached hydrogen (secondary N) is 1. The van der Waals surface area contributed by atoms with Crippen LogP contribution in [0.2, 0.25) is 0 Å². The van der Waals surface area contributed by atoms with E-state index in [2.05, 4.69) is 5.32 Å². The molecule has 0 aliphatic heterocycles. The number of hydrogen-bond acceptors (Lipinski definition) is 2. The molecular weight excluding hydrogens is 250 g/mol. The second-order valence-electron chi connectivity index (χ2n) is 7.06. The van der Waals surface area contributed by atoms with Crippen LogP contribution in [0.25, 0.3) is 0 Å². The summed E-state index contributed by atoms with van der Waals surface area (Å²) in [7, 11) is 0. The zero-order valence-corrected chi connectivity index (χ0v) is 11.6. The summed E-state index contributed by atoms with van der Waals surface area (Å²) >= 11 is 0. The lowest BCUT2D eigenvalue weighted by Gasteiger charge is -2.58. The number of carbonyl (C=O) groups is 1. The summed E-state index contributed by atoms with van der Waals surface area (Å²) in [5.41, 5.74) is 0.310. The van der Waals surface area contributed by atoms with Gasteiger partial charge in [-0.15, -0.1) is 0 Å². The van der Waals surface area contributed by atoms with Gasteiger partial charge in [0, 0.05) is 11.6 Å². The highest BCUT2D eigenvalue weighted by Gasteiger charge is 2.54. The van der Waals surface area contributed by atoms with Crippen molar-refractivity contribution < 1.29 is 9.90 Å². The lowest BCUT2D eigenvalue weighted by Crippen LogP contribution is -2.61. The highest BCUT2D eigenvalue weighted by molar-refractivity contribution is 5.94. The van der Waals surface area contributed by atoms with Gasteiger partial charge in [0.15, 0.2) is 0 Å². The highest BCUT2D eigenvalue weighted by atomic mass is 16.3. The normalized spacial score (nSPS) is 41.6. The molecule has 4 aliphatic rings. The maximum Gasteiger partial charge on any atom is 0.251 e. The van der Waals surface area contributed by atoms with Gasteiger partial charge in [0.25, 0.3) is 5.91 Å². The van der Waals surface area contributed by atoms with Crippen LogP contribution in [-0.2, 0) is 0 Å². The van der Waals surface area contributed by atoms with E-state index in [0.717, 1.165) is 24.8 Å². The van der Waals surface area contributed by atoms with Crippen LogP contribution in [0.1, 0.15) is 42.5 Å². The largest absolute Gasteiger partial charge is 0.390 e. The van der Waals surface area contributed by atoms with Gasteiger partial charge in [0.1, 0.15) is 0 Å². The Balaban J connectivity index is 1.52. The third kappa shape index (κ3) is 1.96. The molecule has 5 rings (SSSR count). The van der Waals surface area contributed by atoms with E-state index in [1.807, 2.05) is 30.3 Å². The summed E-state index contributed by atoms with van der Waals surface area (Å²) in [5.74, 6) is 1.66. The molecule has 0 saturated heterocycles. The molecule has 0 heterocycles. The number of benzene rings is 1. The fraction of sp³-hybridized carbons (Fsp3) is 0.588. The standard InChI is InChI=1S/C17H21NO2/c19-16(12-4-2-1-3-5-12)18-15-13-6-11-7-14(15)10-17(20,8-11)9-13/h1-5,11,13-15,20H,6-10H2,(H,18,19)/t11-,13-,14+,15-,17+. The average Bonchev–Trinajstić information content (AvgIpc) is 2.42. The van der Waals surface area contributed by atoms with Crippen LogP contribution < -0.4 is 5.32 Å². The lowest BCUT2D eigenvalue weighted by molar-refractivity contribution is -0.136. The first-order valence-electron chi connectivity index (χ1n) is 7.71. The van der Waals surface area contributed by atoms with Crippen LogP contribution in [0.4, 0.5) is 0 Å². The lowest BCUT2D eigenvalue weighted by atomic mass is 9.52. The molecule has 20 heavy (non-hydrogen) atoms. The van der Waals surface area contributed by atoms with E-state index < -0.39 is 5.60 Å². The quantitative estimate of drug-likeness (QED) is 0.867. The Hall–Kier alpha value is -1.35. The molecule has 3 heteroatoms. The Bertz CT molecular complexity index is 511. The third-order valence-corrected chi connectivity index (χ3v) is 5.57. The van der Waals surface area contributed by atoms with Gasteiger partial charge in [-0.25, -0.2) is 0 Å². The minimum absolute atomic E-state index is 0.0371. The Kier molecular flexibility index (Phi) is 2.68. The molecule has 106 valence electrons. The Morgan fingerprint density at radius 1 is 1.10 bits per heavy atom. The van der Waals surface area contributed by atoms with Crippen molar-refractivity contribution in [3.05, 3.63) is 35.9 Å². The van der Waals surface area contributed by atoms with Crippen LogP contribution in [0.5, 0.6) is 0 Å². The topological polar surface area (TPSA) is 49.3 Å². The zero-order chi connectivity index (χ0) is 13.7. The van der Waals surface area contributed by atoms with E-state index in [0.29, 0.717) is 17.8 Å². The molecule has 0 radical (unpaired) electrons. The fourth-order valence-electron chi connectivity index (χ4n) is 5.04. The van der Waals surface area contributed by atoms with E-state index in [1.54, 1.807) is 0 Å². The van der Waals surface area contributed by atoms with Gasteiger partial charge in [-0.1, -0.05) is 18.2 Å². The van der Waals surface area contributed by atoms with Gasteiger partial charge in [0.2, 0.25) is 0 Å². The molecule has 4 saturated carbocycles. The van der Waals surface area contributed by atoms with Crippen molar-refractivity contribution in [1.29, 1.82) is 0 Å². The molecule has 3 nitrogen and oxygen atoms in total. The summed E-state index contributed by atoms with van der Waals surface area (Å²) in [6.45, 7) is 0. The van der Waals surface area contributed by atoms with E-state index in [4.69, 9.17) is 0 Å². The van der Waals surface area contributed by atoms with E-state index in [-0.39, 0.29) is 11.9 Å². The molecule has 4 fully saturated rings. The van der Waals surface area contributed by atoms with Crippen molar-refractivity contribution in [2.75, 3.05) is 0 Å². The Morgan fingerprint density at radius 2 is 1.75 bits per heavy atom. The van der Waals surface area contributed by atoms with Gasteiger partial charge in [0.05, 0.1) is 5.60 Å². The molecule has 5 atom stereocenters. The fourth-order valence-corrected chi connectivity index (χ4v) is 5.04. The molecule has 1 aromatic carbocycles. The second-order valence-corrected chi connectivity index (χ2v) is 7.06. The van der Waals surface area contributed by atoms with Gasteiger partial charge < -0.3 is 10.4 Å². The van der Waals surface area contributed by atoms with Crippen molar-refractivity contribution in [2.45, 2.75) is 43.7 Å². The summed E-state index contributed by atoms with van der Waals surface area (Å²) in [5, 5.41) is 13.8. The monoisotopic (exact) mass is 271 g/mol. The van der Waals surface area contributed by atoms with Crippen molar-refractivity contribution >= 4 is 5.91 Å². The van der Waals surface area contributed by atoms with E-state index >= 15 is 0 Å². The third-order valence-electron chi connectivity index (χ3n) is 5.57. The molecule has 1 amide bonds. The first kappa shape index (κ1) is 12.4. The number of carbonyl (C=O) groups excluding carboxylic acids is 1. The summed E-state index contributed by atoms with van der Waals surface area (Å²) in [6.07, 6.45) is 5.09. The van der Waals surface area contributed by atoms with Crippen LogP contribution in [0.15, 0.2) is 30.3 Å². The van der Waals surface area contributed by atoms with Crippen molar-refractivity contribution in [2.24, 2.45) is 17.8 Å². The Labute approximate surface area is 119 Å². The second kappa shape index (κ2) is 4.32. The minimum atomic E-state index is -0.426. The summed E-state index contributed by atoms with van der Waals surface area (Å²) in [6, 6.07) is 9.70. The van der Waals surface area contributed by atoms with Crippen LogP contribution in [0.3, 0.4) is 0 Å². The predicted molar refractivity (Wildman–Crippen MR) is 76.2 cm³/mol. The maximum atomic E-state index is 12.3.